The van der Waals surface area contributed by atoms with Crippen molar-refractivity contribution in [1.82, 2.24) is 19.0 Å². The minimum Gasteiger partial charge on any atom is -0.329 e. The number of amides is 1. The van der Waals surface area contributed by atoms with Crippen molar-refractivity contribution in [2.24, 2.45) is 5.92 Å². The molecular formula is C25H24N4O3. The minimum absolute atomic E-state index is 0.0803. The van der Waals surface area contributed by atoms with E-state index < -0.39 is 6.04 Å². The summed E-state index contributed by atoms with van der Waals surface area (Å²) in [7, 11) is 0. The van der Waals surface area contributed by atoms with Gasteiger partial charge in [0.2, 0.25) is 11.8 Å². The molecule has 1 unspecified atom stereocenters. The molecular weight excluding hydrogens is 404 g/mol. The number of rotatable bonds is 3. The molecule has 1 amide bonds. The Labute approximate surface area is 184 Å². The Balaban J connectivity index is 1.63. The second-order valence-electron chi connectivity index (χ2n) is 8.66. The van der Waals surface area contributed by atoms with Crippen LogP contribution in [0.4, 0.5) is 0 Å². The van der Waals surface area contributed by atoms with E-state index in [9.17, 15) is 14.4 Å². The van der Waals surface area contributed by atoms with Crippen LogP contribution in [0.3, 0.4) is 0 Å². The number of fused-ring (bicyclic) bond motifs is 3. The molecule has 0 saturated heterocycles. The molecule has 32 heavy (non-hydrogen) atoms. The predicted molar refractivity (Wildman–Crippen MR) is 122 cm³/mol. The van der Waals surface area contributed by atoms with Crippen LogP contribution in [0.2, 0.25) is 0 Å². The first kappa shape index (κ1) is 20.2. The lowest BCUT2D eigenvalue weighted by Gasteiger charge is -2.36. The molecule has 0 bridgehead atoms. The Morgan fingerprint density at radius 1 is 1.06 bits per heavy atom. The molecule has 1 atom stereocenters. The van der Waals surface area contributed by atoms with Gasteiger partial charge < -0.3 is 4.90 Å². The number of benzene rings is 2. The lowest BCUT2D eigenvalue weighted by atomic mass is 9.99. The van der Waals surface area contributed by atoms with Crippen molar-refractivity contribution < 1.29 is 9.59 Å². The Kier molecular flexibility index (Phi) is 4.69. The molecule has 0 N–H and O–H groups in total. The van der Waals surface area contributed by atoms with Gasteiger partial charge >= 0.3 is 0 Å². The average Bonchev–Trinajstić information content (AvgIpc) is 3.14. The van der Waals surface area contributed by atoms with Gasteiger partial charge in [-0.15, -0.1) is 0 Å². The topological polar surface area (TPSA) is 77.2 Å². The molecule has 1 aliphatic rings. The second kappa shape index (κ2) is 7.44. The van der Waals surface area contributed by atoms with E-state index in [4.69, 9.17) is 4.98 Å². The number of carbonyl (C=O) groups excluding carboxylic acids is 2. The fourth-order valence-corrected chi connectivity index (χ4v) is 4.70. The van der Waals surface area contributed by atoms with Gasteiger partial charge in [-0.2, -0.15) is 0 Å². The number of aromatic nitrogens is 3. The lowest BCUT2D eigenvalue weighted by Crippen LogP contribution is -2.48. The van der Waals surface area contributed by atoms with Crippen molar-refractivity contribution in [3.63, 3.8) is 0 Å². The van der Waals surface area contributed by atoms with E-state index in [0.717, 1.165) is 16.5 Å². The van der Waals surface area contributed by atoms with Gasteiger partial charge in [0.05, 0.1) is 23.0 Å². The minimum atomic E-state index is -0.621. The van der Waals surface area contributed by atoms with E-state index in [1.54, 1.807) is 26.3 Å². The quantitative estimate of drug-likeness (QED) is 0.498. The van der Waals surface area contributed by atoms with E-state index in [2.05, 4.69) is 0 Å². The van der Waals surface area contributed by atoms with Crippen LogP contribution >= 0.6 is 0 Å². The van der Waals surface area contributed by atoms with E-state index in [1.165, 1.54) is 6.92 Å². The first-order valence-electron chi connectivity index (χ1n) is 10.8. The van der Waals surface area contributed by atoms with Gasteiger partial charge in [-0.25, -0.2) is 4.98 Å². The molecule has 1 aliphatic heterocycles. The van der Waals surface area contributed by atoms with Crippen LogP contribution in [0.1, 0.15) is 43.0 Å². The van der Waals surface area contributed by atoms with Crippen molar-refractivity contribution in [2.45, 2.75) is 39.9 Å². The van der Waals surface area contributed by atoms with Gasteiger partial charge in [0.25, 0.3) is 5.56 Å². The molecule has 2 aromatic heterocycles. The van der Waals surface area contributed by atoms with Gasteiger partial charge in [0.1, 0.15) is 11.9 Å². The Morgan fingerprint density at radius 2 is 1.75 bits per heavy atom. The SMILES string of the molecule is CC(=O)n1cc(CN2Cc3nc4ccccc4c(=O)n3C(C(C)C)C2=O)c2ccccc21. The van der Waals surface area contributed by atoms with E-state index in [-0.39, 0.29) is 29.8 Å². The third-order valence-electron chi connectivity index (χ3n) is 6.18. The Morgan fingerprint density at radius 3 is 2.47 bits per heavy atom. The summed E-state index contributed by atoms with van der Waals surface area (Å²) in [6.45, 7) is 5.99. The zero-order valence-electron chi connectivity index (χ0n) is 18.3. The summed E-state index contributed by atoms with van der Waals surface area (Å²) < 4.78 is 3.19. The molecule has 7 heteroatoms. The van der Waals surface area contributed by atoms with Gasteiger partial charge in [-0.05, 0) is 29.7 Å². The summed E-state index contributed by atoms with van der Waals surface area (Å²) >= 11 is 0. The molecule has 4 aromatic rings. The van der Waals surface area contributed by atoms with Crippen LogP contribution in [0, 0.1) is 5.92 Å². The fraction of sp³-hybridized carbons (Fsp3) is 0.280. The number of para-hydroxylation sites is 2. The normalized spacial score (nSPS) is 16.2. The molecule has 2 aromatic carbocycles. The van der Waals surface area contributed by atoms with Crippen LogP contribution in [0.25, 0.3) is 21.8 Å². The fourth-order valence-electron chi connectivity index (χ4n) is 4.70. The molecule has 3 heterocycles. The maximum Gasteiger partial charge on any atom is 0.262 e. The molecule has 0 radical (unpaired) electrons. The Bertz CT molecular complexity index is 1450. The number of hydrogen-bond acceptors (Lipinski definition) is 4. The van der Waals surface area contributed by atoms with Gasteiger partial charge in [0.15, 0.2) is 0 Å². The standard InChI is InChI=1S/C25H24N4O3/c1-15(2)23-25(32)27(12-17-13-28(16(3)30)21-11-7-5-8-18(17)21)14-22-26-20-10-6-4-9-19(20)24(31)29(22)23/h4-11,13,15,23H,12,14H2,1-3H3. The number of carbonyl (C=O) groups is 2. The van der Waals surface area contributed by atoms with Crippen molar-refractivity contribution in [1.29, 1.82) is 0 Å². The molecule has 0 spiro atoms. The number of nitrogens with zero attached hydrogens (tertiary/aromatic N) is 4. The highest BCUT2D eigenvalue weighted by Crippen LogP contribution is 2.30. The van der Waals surface area contributed by atoms with Crippen molar-refractivity contribution in [2.75, 3.05) is 0 Å². The summed E-state index contributed by atoms with van der Waals surface area (Å²) in [5, 5.41) is 1.46. The molecule has 162 valence electrons. The molecule has 5 rings (SSSR count). The summed E-state index contributed by atoms with van der Waals surface area (Å²) in [6, 6.07) is 14.3. The van der Waals surface area contributed by atoms with E-state index >= 15 is 0 Å². The number of hydrogen-bond donors (Lipinski definition) is 0. The van der Waals surface area contributed by atoms with E-state index in [0.29, 0.717) is 23.3 Å². The summed E-state index contributed by atoms with van der Waals surface area (Å²) in [6.07, 6.45) is 1.81. The van der Waals surface area contributed by atoms with Crippen LogP contribution in [0.5, 0.6) is 0 Å². The zero-order chi connectivity index (χ0) is 22.6. The van der Waals surface area contributed by atoms with Crippen molar-refractivity contribution in [3.8, 4) is 0 Å². The van der Waals surface area contributed by atoms with Gasteiger partial charge in [-0.3, -0.25) is 23.5 Å². The second-order valence-corrected chi connectivity index (χ2v) is 8.66. The van der Waals surface area contributed by atoms with Crippen molar-refractivity contribution >= 4 is 33.6 Å². The summed E-state index contributed by atoms with van der Waals surface area (Å²) in [4.78, 5) is 45.4. The highest BCUT2D eigenvalue weighted by atomic mass is 16.2. The van der Waals surface area contributed by atoms with Crippen LogP contribution in [-0.4, -0.2) is 30.8 Å². The largest absolute Gasteiger partial charge is 0.329 e. The Hall–Kier alpha value is -3.74. The van der Waals surface area contributed by atoms with Gasteiger partial charge in [-0.1, -0.05) is 44.2 Å². The average molecular weight is 428 g/mol. The third kappa shape index (κ3) is 3.04. The summed E-state index contributed by atoms with van der Waals surface area (Å²) in [5.41, 5.74) is 2.17. The first-order chi connectivity index (χ1) is 15.4. The molecule has 0 aliphatic carbocycles. The third-order valence-corrected chi connectivity index (χ3v) is 6.18. The molecule has 7 nitrogen and oxygen atoms in total. The predicted octanol–water partition coefficient (Wildman–Crippen LogP) is 3.75. The lowest BCUT2D eigenvalue weighted by molar-refractivity contribution is -0.140. The highest BCUT2D eigenvalue weighted by Gasteiger charge is 2.37. The molecule has 0 fully saturated rings. The van der Waals surface area contributed by atoms with Crippen molar-refractivity contribution in [3.05, 3.63) is 76.5 Å². The van der Waals surface area contributed by atoms with Gasteiger partial charge in [0, 0.05) is 25.1 Å². The van der Waals surface area contributed by atoms with Crippen LogP contribution < -0.4 is 5.56 Å². The van der Waals surface area contributed by atoms with Crippen LogP contribution in [0.15, 0.2) is 59.5 Å². The first-order valence-corrected chi connectivity index (χ1v) is 10.8. The maximum absolute atomic E-state index is 13.6. The smallest absolute Gasteiger partial charge is 0.262 e. The maximum atomic E-state index is 13.6. The monoisotopic (exact) mass is 428 g/mol. The highest BCUT2D eigenvalue weighted by molar-refractivity contribution is 5.94. The summed E-state index contributed by atoms with van der Waals surface area (Å²) in [5.74, 6) is 0.319. The molecule has 0 saturated carbocycles. The van der Waals surface area contributed by atoms with E-state index in [1.807, 2.05) is 56.3 Å². The zero-order valence-corrected chi connectivity index (χ0v) is 18.3. The van der Waals surface area contributed by atoms with Crippen LogP contribution in [-0.2, 0) is 17.9 Å².